The molecule has 0 aliphatic carbocycles. The average molecular weight is 345 g/mol. The number of pyridine rings is 1. The van der Waals surface area contributed by atoms with Crippen LogP contribution in [0.1, 0.15) is 23.1 Å². The lowest BCUT2D eigenvalue weighted by molar-refractivity contribution is -0.116. The molecule has 0 aliphatic heterocycles. The minimum Gasteiger partial charge on any atom is -0.380 e. The van der Waals surface area contributed by atoms with Crippen LogP contribution in [0.25, 0.3) is 0 Å². The molecule has 0 fully saturated rings. The maximum atomic E-state index is 12.0. The quantitative estimate of drug-likeness (QED) is 0.659. The summed E-state index contributed by atoms with van der Waals surface area (Å²) in [6.45, 7) is 2.83. The predicted molar refractivity (Wildman–Crippen MR) is 106 cm³/mol. The molecule has 4 heteroatoms. The molecule has 0 unspecified atom stereocenters. The number of anilines is 2. The molecule has 132 valence electrons. The molecule has 1 heterocycles. The number of nitrogens with one attached hydrogen (secondary N) is 2. The molecule has 3 aromatic rings. The van der Waals surface area contributed by atoms with Crippen LogP contribution in [0.3, 0.4) is 0 Å². The first-order valence-electron chi connectivity index (χ1n) is 8.78. The van der Waals surface area contributed by atoms with Crippen LogP contribution in [0, 0.1) is 6.92 Å². The van der Waals surface area contributed by atoms with Gasteiger partial charge in [0.1, 0.15) is 5.82 Å². The summed E-state index contributed by atoms with van der Waals surface area (Å²) in [6, 6.07) is 22.1. The number of aromatic nitrogens is 1. The van der Waals surface area contributed by atoms with Crippen LogP contribution in [0.5, 0.6) is 0 Å². The number of rotatable bonds is 7. The SMILES string of the molecule is Cc1cccc(CNc2ccc(NC(=O)CCc3ccccc3)nc2)c1. The second-order valence-corrected chi connectivity index (χ2v) is 6.31. The van der Waals surface area contributed by atoms with Gasteiger partial charge in [0.2, 0.25) is 5.91 Å². The third-order valence-electron chi connectivity index (χ3n) is 4.09. The van der Waals surface area contributed by atoms with Crippen LogP contribution in [0.15, 0.2) is 72.9 Å². The molecule has 0 aliphatic rings. The Kier molecular flexibility index (Phi) is 5.99. The molecular formula is C22H23N3O. The normalized spacial score (nSPS) is 10.3. The van der Waals surface area contributed by atoms with Crippen LogP contribution in [0.2, 0.25) is 0 Å². The molecule has 0 saturated carbocycles. The predicted octanol–water partition coefficient (Wildman–Crippen LogP) is 4.57. The number of hydrogen-bond donors (Lipinski definition) is 2. The third-order valence-corrected chi connectivity index (χ3v) is 4.09. The first kappa shape index (κ1) is 17.7. The van der Waals surface area contributed by atoms with Crippen molar-refractivity contribution in [2.75, 3.05) is 10.6 Å². The lowest BCUT2D eigenvalue weighted by Crippen LogP contribution is -2.13. The van der Waals surface area contributed by atoms with Crippen molar-refractivity contribution in [3.8, 4) is 0 Å². The van der Waals surface area contributed by atoms with Gasteiger partial charge in [-0.2, -0.15) is 0 Å². The van der Waals surface area contributed by atoms with E-state index in [1.807, 2.05) is 42.5 Å². The summed E-state index contributed by atoms with van der Waals surface area (Å²) >= 11 is 0. The minimum atomic E-state index is -0.0261. The number of aryl methyl sites for hydroxylation is 2. The van der Waals surface area contributed by atoms with Crippen LogP contribution in [-0.4, -0.2) is 10.9 Å². The monoisotopic (exact) mass is 345 g/mol. The van der Waals surface area contributed by atoms with E-state index >= 15 is 0 Å². The molecule has 0 saturated heterocycles. The standard InChI is InChI=1S/C22H23N3O/c1-17-6-5-9-19(14-17)15-23-20-11-12-21(24-16-20)25-22(26)13-10-18-7-3-2-4-8-18/h2-9,11-12,14,16,23H,10,13,15H2,1H3,(H,24,25,26). The van der Waals surface area contributed by atoms with E-state index in [0.29, 0.717) is 12.2 Å². The number of carbonyl (C=O) groups is 1. The summed E-state index contributed by atoms with van der Waals surface area (Å²) in [5.74, 6) is 0.547. The summed E-state index contributed by atoms with van der Waals surface area (Å²) in [4.78, 5) is 16.4. The molecule has 4 nitrogen and oxygen atoms in total. The molecule has 0 radical (unpaired) electrons. The van der Waals surface area contributed by atoms with Gasteiger partial charge >= 0.3 is 0 Å². The van der Waals surface area contributed by atoms with E-state index in [0.717, 1.165) is 24.2 Å². The molecule has 2 N–H and O–H groups in total. The molecule has 1 amide bonds. The van der Waals surface area contributed by atoms with Gasteiger partial charge in [0, 0.05) is 13.0 Å². The van der Waals surface area contributed by atoms with Crippen molar-refractivity contribution in [1.82, 2.24) is 4.98 Å². The summed E-state index contributed by atoms with van der Waals surface area (Å²) < 4.78 is 0. The van der Waals surface area contributed by atoms with Crippen molar-refractivity contribution in [3.63, 3.8) is 0 Å². The Morgan fingerprint density at radius 3 is 2.50 bits per heavy atom. The Morgan fingerprint density at radius 1 is 0.962 bits per heavy atom. The van der Waals surface area contributed by atoms with Crippen molar-refractivity contribution in [2.45, 2.75) is 26.3 Å². The first-order valence-corrected chi connectivity index (χ1v) is 8.78. The fourth-order valence-electron chi connectivity index (χ4n) is 2.71. The van der Waals surface area contributed by atoms with E-state index in [1.54, 1.807) is 6.20 Å². The van der Waals surface area contributed by atoms with E-state index in [1.165, 1.54) is 11.1 Å². The highest BCUT2D eigenvalue weighted by Gasteiger charge is 2.04. The Morgan fingerprint density at radius 2 is 1.77 bits per heavy atom. The van der Waals surface area contributed by atoms with E-state index < -0.39 is 0 Å². The zero-order chi connectivity index (χ0) is 18.2. The van der Waals surface area contributed by atoms with E-state index in [2.05, 4.69) is 46.8 Å². The van der Waals surface area contributed by atoms with Crippen molar-refractivity contribution in [3.05, 3.63) is 89.6 Å². The third kappa shape index (κ3) is 5.45. The molecule has 2 aromatic carbocycles. The number of carbonyl (C=O) groups excluding carboxylic acids is 1. The summed E-state index contributed by atoms with van der Waals surface area (Å²) in [5, 5.41) is 6.18. The van der Waals surface area contributed by atoms with Gasteiger partial charge in [0.15, 0.2) is 0 Å². The van der Waals surface area contributed by atoms with Gasteiger partial charge < -0.3 is 10.6 Å². The maximum Gasteiger partial charge on any atom is 0.225 e. The topological polar surface area (TPSA) is 54.0 Å². The van der Waals surface area contributed by atoms with Crippen molar-refractivity contribution in [2.24, 2.45) is 0 Å². The van der Waals surface area contributed by atoms with Gasteiger partial charge in [-0.25, -0.2) is 4.98 Å². The fourth-order valence-corrected chi connectivity index (χ4v) is 2.71. The van der Waals surface area contributed by atoms with Gasteiger partial charge in [-0.1, -0.05) is 60.2 Å². The Hall–Kier alpha value is -3.14. The van der Waals surface area contributed by atoms with E-state index in [-0.39, 0.29) is 5.91 Å². The molecule has 26 heavy (non-hydrogen) atoms. The summed E-state index contributed by atoms with van der Waals surface area (Å²) in [6.07, 6.45) is 2.91. The molecule has 0 atom stereocenters. The van der Waals surface area contributed by atoms with Crippen molar-refractivity contribution >= 4 is 17.4 Å². The zero-order valence-corrected chi connectivity index (χ0v) is 14.9. The lowest BCUT2D eigenvalue weighted by Gasteiger charge is -2.09. The van der Waals surface area contributed by atoms with Crippen LogP contribution >= 0.6 is 0 Å². The lowest BCUT2D eigenvalue weighted by atomic mass is 10.1. The Balaban J connectivity index is 1.47. The van der Waals surface area contributed by atoms with Crippen molar-refractivity contribution < 1.29 is 4.79 Å². The summed E-state index contributed by atoms with van der Waals surface area (Å²) in [5.41, 5.74) is 4.55. The smallest absolute Gasteiger partial charge is 0.225 e. The highest BCUT2D eigenvalue weighted by atomic mass is 16.1. The van der Waals surface area contributed by atoms with Gasteiger partial charge in [-0.3, -0.25) is 4.79 Å². The largest absolute Gasteiger partial charge is 0.380 e. The molecular weight excluding hydrogens is 322 g/mol. The summed E-state index contributed by atoms with van der Waals surface area (Å²) in [7, 11) is 0. The van der Waals surface area contributed by atoms with Gasteiger partial charge in [-0.05, 0) is 36.6 Å². The number of hydrogen-bond acceptors (Lipinski definition) is 3. The van der Waals surface area contributed by atoms with Crippen LogP contribution in [0.4, 0.5) is 11.5 Å². The second-order valence-electron chi connectivity index (χ2n) is 6.31. The van der Waals surface area contributed by atoms with E-state index in [4.69, 9.17) is 0 Å². The molecule has 3 rings (SSSR count). The second kappa shape index (κ2) is 8.81. The highest BCUT2D eigenvalue weighted by Crippen LogP contribution is 2.13. The van der Waals surface area contributed by atoms with Gasteiger partial charge in [-0.15, -0.1) is 0 Å². The fraction of sp³-hybridized carbons (Fsp3) is 0.182. The van der Waals surface area contributed by atoms with E-state index in [9.17, 15) is 4.79 Å². The average Bonchev–Trinajstić information content (AvgIpc) is 2.67. The molecule has 0 bridgehead atoms. The number of amides is 1. The molecule has 0 spiro atoms. The zero-order valence-electron chi connectivity index (χ0n) is 14.9. The Bertz CT molecular complexity index is 845. The van der Waals surface area contributed by atoms with Gasteiger partial charge in [0.05, 0.1) is 11.9 Å². The van der Waals surface area contributed by atoms with Gasteiger partial charge in [0.25, 0.3) is 0 Å². The first-order chi connectivity index (χ1) is 12.7. The maximum absolute atomic E-state index is 12.0. The number of benzene rings is 2. The van der Waals surface area contributed by atoms with Crippen LogP contribution < -0.4 is 10.6 Å². The highest BCUT2D eigenvalue weighted by molar-refractivity contribution is 5.89. The number of nitrogens with zero attached hydrogens (tertiary/aromatic N) is 1. The minimum absolute atomic E-state index is 0.0261. The molecule has 1 aromatic heterocycles. The van der Waals surface area contributed by atoms with Crippen LogP contribution in [-0.2, 0) is 17.8 Å². The van der Waals surface area contributed by atoms with Crippen molar-refractivity contribution in [1.29, 1.82) is 0 Å². The Labute approximate surface area is 154 Å².